The van der Waals surface area contributed by atoms with E-state index in [2.05, 4.69) is 5.32 Å². The maximum atomic E-state index is 11.9. The number of esters is 1. The van der Waals surface area contributed by atoms with Crippen molar-refractivity contribution < 1.29 is 19.1 Å². The van der Waals surface area contributed by atoms with Gasteiger partial charge >= 0.3 is 5.97 Å². The minimum Gasteiger partial charge on any atom is -0.496 e. The van der Waals surface area contributed by atoms with Crippen LogP contribution in [0.5, 0.6) is 5.75 Å². The van der Waals surface area contributed by atoms with Crippen LogP contribution >= 0.6 is 23.2 Å². The number of hydrogen-bond donors (Lipinski definition) is 1. The van der Waals surface area contributed by atoms with Gasteiger partial charge in [-0.2, -0.15) is 0 Å². The third-order valence-electron chi connectivity index (χ3n) is 3.09. The highest BCUT2D eigenvalue weighted by Crippen LogP contribution is 2.23. The highest BCUT2D eigenvalue weighted by Gasteiger charge is 2.13. The number of ether oxygens (including phenoxy) is 2. The van der Waals surface area contributed by atoms with Gasteiger partial charge in [-0.25, -0.2) is 0 Å². The van der Waals surface area contributed by atoms with Crippen molar-refractivity contribution in [2.24, 2.45) is 0 Å². The lowest BCUT2D eigenvalue weighted by Gasteiger charge is -2.10. The normalized spacial score (nSPS) is 10.1. The van der Waals surface area contributed by atoms with Crippen LogP contribution in [0.15, 0.2) is 42.5 Å². The molecule has 0 spiro atoms. The van der Waals surface area contributed by atoms with Gasteiger partial charge in [0.2, 0.25) is 0 Å². The molecule has 0 aliphatic carbocycles. The van der Waals surface area contributed by atoms with Crippen LogP contribution in [-0.2, 0) is 20.7 Å². The highest BCUT2D eigenvalue weighted by atomic mass is 35.5. The molecule has 0 radical (unpaired) electrons. The van der Waals surface area contributed by atoms with Gasteiger partial charge in [0.25, 0.3) is 5.91 Å². The molecule has 0 aliphatic rings. The number of carbonyl (C=O) groups excluding carboxylic acids is 2. The van der Waals surface area contributed by atoms with E-state index in [9.17, 15) is 9.59 Å². The van der Waals surface area contributed by atoms with Gasteiger partial charge < -0.3 is 14.8 Å². The van der Waals surface area contributed by atoms with E-state index in [-0.39, 0.29) is 6.42 Å². The summed E-state index contributed by atoms with van der Waals surface area (Å²) >= 11 is 11.8. The number of benzene rings is 2. The molecule has 0 saturated carbocycles. The van der Waals surface area contributed by atoms with Crippen LogP contribution < -0.4 is 10.1 Å². The van der Waals surface area contributed by atoms with E-state index in [0.717, 1.165) is 0 Å². The number of rotatable bonds is 6. The second-order valence-electron chi connectivity index (χ2n) is 4.82. The number of nitrogens with one attached hydrogen (secondary N) is 1. The number of anilines is 1. The maximum Gasteiger partial charge on any atom is 0.310 e. The standard InChI is InChI=1S/C17H15Cl2NO4/c1-23-15-7-6-12(18)8-11(15)9-17(22)24-10-16(21)20-14-5-3-2-4-13(14)19/h2-8H,9-10H2,1H3,(H,20,21). The lowest BCUT2D eigenvalue weighted by molar-refractivity contribution is -0.146. The summed E-state index contributed by atoms with van der Waals surface area (Å²) in [6.07, 6.45) is -0.0525. The Labute approximate surface area is 149 Å². The quantitative estimate of drug-likeness (QED) is 0.790. The summed E-state index contributed by atoms with van der Waals surface area (Å²) in [5, 5.41) is 3.45. The Balaban J connectivity index is 1.88. The lowest BCUT2D eigenvalue weighted by atomic mass is 10.1. The van der Waals surface area contributed by atoms with Gasteiger partial charge in [0.1, 0.15) is 5.75 Å². The molecule has 0 heterocycles. The summed E-state index contributed by atoms with van der Waals surface area (Å²) in [6.45, 7) is -0.410. The van der Waals surface area contributed by atoms with E-state index in [1.54, 1.807) is 42.5 Å². The Morgan fingerprint density at radius 2 is 1.88 bits per heavy atom. The summed E-state index contributed by atoms with van der Waals surface area (Å²) in [5.74, 6) is -0.517. The van der Waals surface area contributed by atoms with Crippen LogP contribution in [0.25, 0.3) is 0 Å². The van der Waals surface area contributed by atoms with Crippen molar-refractivity contribution in [3.63, 3.8) is 0 Å². The molecule has 2 rings (SSSR count). The number of amides is 1. The monoisotopic (exact) mass is 367 g/mol. The molecule has 1 amide bonds. The van der Waals surface area contributed by atoms with Crippen molar-refractivity contribution >= 4 is 40.8 Å². The van der Waals surface area contributed by atoms with E-state index in [1.807, 2.05) is 0 Å². The van der Waals surface area contributed by atoms with E-state index < -0.39 is 18.5 Å². The third-order valence-corrected chi connectivity index (χ3v) is 3.65. The molecule has 5 nitrogen and oxygen atoms in total. The molecule has 24 heavy (non-hydrogen) atoms. The predicted octanol–water partition coefficient (Wildman–Crippen LogP) is 3.73. The van der Waals surface area contributed by atoms with Gasteiger partial charge in [-0.1, -0.05) is 35.3 Å². The first-order valence-electron chi connectivity index (χ1n) is 7.02. The fourth-order valence-corrected chi connectivity index (χ4v) is 2.36. The van der Waals surface area contributed by atoms with Crippen LogP contribution in [0.2, 0.25) is 10.0 Å². The number of carbonyl (C=O) groups is 2. The van der Waals surface area contributed by atoms with E-state index in [1.165, 1.54) is 7.11 Å². The molecule has 0 aromatic heterocycles. The SMILES string of the molecule is COc1ccc(Cl)cc1CC(=O)OCC(=O)Nc1ccccc1Cl. The summed E-state index contributed by atoms with van der Waals surface area (Å²) in [4.78, 5) is 23.7. The maximum absolute atomic E-state index is 11.9. The molecule has 0 aliphatic heterocycles. The molecule has 1 N–H and O–H groups in total. The molecule has 2 aromatic rings. The lowest BCUT2D eigenvalue weighted by Crippen LogP contribution is -2.21. The second-order valence-corrected chi connectivity index (χ2v) is 5.67. The molecule has 0 unspecified atom stereocenters. The first-order chi connectivity index (χ1) is 11.5. The van der Waals surface area contributed by atoms with Crippen molar-refractivity contribution in [1.82, 2.24) is 0 Å². The first-order valence-corrected chi connectivity index (χ1v) is 7.77. The number of halogens is 2. The van der Waals surface area contributed by atoms with E-state index in [0.29, 0.717) is 27.0 Å². The zero-order valence-corrected chi connectivity index (χ0v) is 14.4. The molecule has 0 bridgehead atoms. The molecule has 0 fully saturated rings. The van der Waals surface area contributed by atoms with E-state index >= 15 is 0 Å². The van der Waals surface area contributed by atoms with Crippen molar-refractivity contribution in [1.29, 1.82) is 0 Å². The Hall–Kier alpha value is -2.24. The minimum absolute atomic E-state index is 0.0525. The Bertz CT molecular complexity index is 749. The number of hydrogen-bond acceptors (Lipinski definition) is 4. The molecular weight excluding hydrogens is 353 g/mol. The zero-order chi connectivity index (χ0) is 17.5. The van der Waals surface area contributed by atoms with Gasteiger partial charge in [0, 0.05) is 10.6 Å². The zero-order valence-electron chi connectivity index (χ0n) is 12.8. The van der Waals surface area contributed by atoms with Crippen LogP contribution in [0, 0.1) is 0 Å². The average Bonchev–Trinajstić information content (AvgIpc) is 2.55. The molecular formula is C17H15Cl2NO4. The molecule has 0 saturated heterocycles. The topological polar surface area (TPSA) is 64.6 Å². The Morgan fingerprint density at radius 3 is 2.58 bits per heavy atom. The molecule has 7 heteroatoms. The van der Waals surface area contributed by atoms with Gasteiger partial charge in [0.15, 0.2) is 6.61 Å². The Morgan fingerprint density at radius 1 is 1.12 bits per heavy atom. The highest BCUT2D eigenvalue weighted by molar-refractivity contribution is 6.33. The predicted molar refractivity (Wildman–Crippen MR) is 92.7 cm³/mol. The minimum atomic E-state index is -0.565. The second kappa shape index (κ2) is 8.57. The number of methoxy groups -OCH3 is 1. The average molecular weight is 368 g/mol. The fraction of sp³-hybridized carbons (Fsp3) is 0.176. The smallest absolute Gasteiger partial charge is 0.310 e. The largest absolute Gasteiger partial charge is 0.496 e. The van der Waals surface area contributed by atoms with Gasteiger partial charge in [-0.3, -0.25) is 9.59 Å². The van der Waals surface area contributed by atoms with Crippen molar-refractivity contribution in [2.75, 3.05) is 19.0 Å². The van der Waals surface area contributed by atoms with Crippen LogP contribution in [-0.4, -0.2) is 25.6 Å². The van der Waals surface area contributed by atoms with Crippen LogP contribution in [0.1, 0.15) is 5.56 Å². The van der Waals surface area contributed by atoms with Crippen LogP contribution in [0.4, 0.5) is 5.69 Å². The number of para-hydroxylation sites is 1. The Kier molecular flexibility index (Phi) is 6.46. The fourth-order valence-electron chi connectivity index (χ4n) is 1.99. The van der Waals surface area contributed by atoms with Gasteiger partial charge in [-0.05, 0) is 30.3 Å². The van der Waals surface area contributed by atoms with Crippen molar-refractivity contribution in [3.8, 4) is 5.75 Å². The third kappa shape index (κ3) is 5.15. The van der Waals surface area contributed by atoms with E-state index in [4.69, 9.17) is 32.7 Å². The van der Waals surface area contributed by atoms with Crippen LogP contribution in [0.3, 0.4) is 0 Å². The van der Waals surface area contributed by atoms with Crippen molar-refractivity contribution in [3.05, 3.63) is 58.1 Å². The van der Waals surface area contributed by atoms with Gasteiger partial charge in [-0.15, -0.1) is 0 Å². The molecule has 126 valence electrons. The first kappa shape index (κ1) is 18.1. The summed E-state index contributed by atoms with van der Waals surface area (Å²) in [7, 11) is 1.50. The van der Waals surface area contributed by atoms with Crippen molar-refractivity contribution in [2.45, 2.75) is 6.42 Å². The summed E-state index contributed by atoms with van der Waals surface area (Å²) < 4.78 is 10.1. The van der Waals surface area contributed by atoms with Gasteiger partial charge in [0.05, 0.1) is 24.2 Å². The molecule has 0 atom stereocenters. The molecule has 2 aromatic carbocycles. The summed E-state index contributed by atoms with van der Waals surface area (Å²) in [6, 6.07) is 11.7. The summed E-state index contributed by atoms with van der Waals surface area (Å²) in [5.41, 5.74) is 1.04.